The molecule has 0 aromatic heterocycles. The van der Waals surface area contributed by atoms with Gasteiger partial charge in [0.2, 0.25) is 0 Å². The molecular weight excluding hydrogens is 308 g/mol. The minimum atomic E-state index is -2.13. The summed E-state index contributed by atoms with van der Waals surface area (Å²) in [5, 5.41) is 0. The van der Waals surface area contributed by atoms with Crippen LogP contribution in [0.15, 0.2) is 24.3 Å². The van der Waals surface area contributed by atoms with Crippen molar-refractivity contribution in [1.82, 2.24) is 9.62 Å². The molecule has 1 aliphatic rings. The first-order chi connectivity index (χ1) is 10.9. The Labute approximate surface area is 144 Å². The van der Waals surface area contributed by atoms with Gasteiger partial charge in [-0.25, -0.2) is 4.72 Å². The summed E-state index contributed by atoms with van der Waals surface area (Å²) < 4.78 is 23.2. The molecule has 1 aromatic rings. The molecule has 1 saturated heterocycles. The lowest BCUT2D eigenvalue weighted by Crippen LogP contribution is -2.37. The summed E-state index contributed by atoms with van der Waals surface area (Å²) >= 11 is -2.13. The molecule has 1 heterocycles. The second-order valence-corrected chi connectivity index (χ2v) is 7.36. The average molecular weight is 340 g/mol. The van der Waals surface area contributed by atoms with Gasteiger partial charge in [-0.2, -0.15) is 0 Å². The molecule has 1 aliphatic heterocycles. The van der Waals surface area contributed by atoms with E-state index in [1.54, 1.807) is 0 Å². The van der Waals surface area contributed by atoms with E-state index in [2.05, 4.69) is 54.7 Å². The minimum Gasteiger partial charge on any atom is -0.760 e. The molecule has 2 rings (SSSR count). The fraction of sp³-hybridized carbons (Fsp3) is 0.667. The number of nitrogens with zero attached hydrogens (tertiary/aromatic N) is 1. The zero-order valence-corrected chi connectivity index (χ0v) is 15.7. The van der Waals surface area contributed by atoms with Gasteiger partial charge in [0.15, 0.2) is 0 Å². The molecule has 0 spiro atoms. The Morgan fingerprint density at radius 1 is 1.26 bits per heavy atom. The second kappa shape index (κ2) is 10.9. The van der Waals surface area contributed by atoms with Gasteiger partial charge < -0.3 is 9.45 Å². The van der Waals surface area contributed by atoms with Gasteiger partial charge >= 0.3 is 0 Å². The first kappa shape index (κ1) is 20.3. The molecule has 0 saturated carbocycles. The van der Waals surface area contributed by atoms with E-state index in [1.165, 1.54) is 24.0 Å². The second-order valence-electron chi connectivity index (χ2n) is 6.65. The van der Waals surface area contributed by atoms with Crippen molar-refractivity contribution in [3.8, 4) is 0 Å². The third-order valence-corrected chi connectivity index (χ3v) is 5.07. The third kappa shape index (κ3) is 9.20. The van der Waals surface area contributed by atoms with E-state index in [4.69, 9.17) is 0 Å². The van der Waals surface area contributed by atoms with E-state index < -0.39 is 11.3 Å². The molecule has 2 atom stereocenters. The zero-order valence-electron chi connectivity index (χ0n) is 14.9. The Bertz CT molecular complexity index is 453. The van der Waals surface area contributed by atoms with Crippen LogP contribution in [0.25, 0.3) is 0 Å². The predicted octanol–water partition coefficient (Wildman–Crippen LogP) is 3.18. The van der Waals surface area contributed by atoms with Crippen LogP contribution in [0.3, 0.4) is 0 Å². The number of hydrogen-bond donors (Lipinski definition) is 1. The average Bonchev–Trinajstić information content (AvgIpc) is 2.50. The van der Waals surface area contributed by atoms with Crippen molar-refractivity contribution in [2.24, 2.45) is 5.92 Å². The summed E-state index contributed by atoms with van der Waals surface area (Å²) in [5.74, 6) is 0.853. The Kier molecular flexibility index (Phi) is 9.63. The van der Waals surface area contributed by atoms with Gasteiger partial charge in [-0.05, 0) is 76.7 Å². The van der Waals surface area contributed by atoms with Crippen molar-refractivity contribution >= 4 is 11.3 Å². The number of piperidine rings is 1. The summed E-state index contributed by atoms with van der Waals surface area (Å²) in [6, 6.07) is 8.40. The molecule has 0 bridgehead atoms. The fourth-order valence-corrected chi connectivity index (χ4v) is 2.99. The van der Waals surface area contributed by atoms with E-state index >= 15 is 0 Å². The SMILES string of the molecule is CC1CCN(CCC(C)NS(=O)[O-])CC1.Cc1ccccc1C. The monoisotopic (exact) mass is 339 g/mol. The topological polar surface area (TPSA) is 55.4 Å². The normalized spacial score (nSPS) is 18.8. The summed E-state index contributed by atoms with van der Waals surface area (Å²) in [5.41, 5.74) is 2.74. The van der Waals surface area contributed by atoms with Crippen molar-refractivity contribution < 1.29 is 8.76 Å². The molecule has 0 amide bonds. The standard InChI is InChI=1S/C10H22N2O2S.C8H10/c1-9-3-6-12(7-4-9)8-5-10(2)11-15(13)14;1-7-5-3-4-6-8(7)2/h9-11H,3-8H2,1-2H3,(H,13,14);3-6H,1-2H3/p-1. The van der Waals surface area contributed by atoms with Crippen LogP contribution in [0.5, 0.6) is 0 Å². The smallest absolute Gasteiger partial charge is 0.0183 e. The number of likely N-dealkylation sites (tertiary alicyclic amines) is 1. The van der Waals surface area contributed by atoms with Crippen LogP contribution in [-0.2, 0) is 11.3 Å². The van der Waals surface area contributed by atoms with Crippen molar-refractivity contribution in [3.63, 3.8) is 0 Å². The number of benzene rings is 1. The largest absolute Gasteiger partial charge is 0.760 e. The Hall–Kier alpha value is -0.750. The van der Waals surface area contributed by atoms with Crippen LogP contribution >= 0.6 is 0 Å². The summed E-state index contributed by atoms with van der Waals surface area (Å²) in [6.45, 7) is 11.8. The zero-order chi connectivity index (χ0) is 17.2. The maximum absolute atomic E-state index is 10.4. The van der Waals surface area contributed by atoms with Crippen LogP contribution in [0.4, 0.5) is 0 Å². The molecular formula is C18H31N2O2S-. The van der Waals surface area contributed by atoms with E-state index in [1.807, 2.05) is 6.92 Å². The number of aryl methyl sites for hydroxylation is 2. The quantitative estimate of drug-likeness (QED) is 0.838. The van der Waals surface area contributed by atoms with Gasteiger partial charge in [0, 0.05) is 17.3 Å². The highest BCUT2D eigenvalue weighted by Crippen LogP contribution is 2.16. The van der Waals surface area contributed by atoms with Crippen LogP contribution < -0.4 is 4.72 Å². The van der Waals surface area contributed by atoms with Crippen molar-refractivity contribution in [2.75, 3.05) is 19.6 Å². The van der Waals surface area contributed by atoms with Crippen molar-refractivity contribution in [1.29, 1.82) is 0 Å². The van der Waals surface area contributed by atoms with Gasteiger partial charge in [-0.15, -0.1) is 0 Å². The Balaban J connectivity index is 0.000000277. The Morgan fingerprint density at radius 2 is 1.78 bits per heavy atom. The molecule has 4 nitrogen and oxygen atoms in total. The highest BCUT2D eigenvalue weighted by molar-refractivity contribution is 7.77. The lowest BCUT2D eigenvalue weighted by atomic mass is 9.99. The van der Waals surface area contributed by atoms with E-state index in [9.17, 15) is 8.76 Å². The summed E-state index contributed by atoms with van der Waals surface area (Å²) in [6.07, 6.45) is 3.44. The van der Waals surface area contributed by atoms with Crippen LogP contribution in [0, 0.1) is 19.8 Å². The van der Waals surface area contributed by atoms with Gasteiger partial charge in [-0.3, -0.25) is 4.21 Å². The first-order valence-electron chi connectivity index (χ1n) is 8.48. The minimum absolute atomic E-state index is 0.0442. The van der Waals surface area contributed by atoms with Gasteiger partial charge in [0.1, 0.15) is 0 Å². The summed E-state index contributed by atoms with van der Waals surface area (Å²) in [7, 11) is 0. The summed E-state index contributed by atoms with van der Waals surface area (Å²) in [4.78, 5) is 2.42. The number of nitrogens with one attached hydrogen (secondary N) is 1. The molecule has 1 N–H and O–H groups in total. The highest BCUT2D eigenvalue weighted by Gasteiger charge is 2.15. The number of rotatable bonds is 5. The van der Waals surface area contributed by atoms with Crippen LogP contribution in [0.1, 0.15) is 44.2 Å². The van der Waals surface area contributed by atoms with Gasteiger partial charge in [0.25, 0.3) is 0 Å². The lowest BCUT2D eigenvalue weighted by molar-refractivity contribution is 0.187. The third-order valence-electron chi connectivity index (χ3n) is 4.48. The molecule has 23 heavy (non-hydrogen) atoms. The number of hydrogen-bond acceptors (Lipinski definition) is 3. The van der Waals surface area contributed by atoms with Gasteiger partial charge in [-0.1, -0.05) is 31.2 Å². The lowest BCUT2D eigenvalue weighted by Gasteiger charge is -2.31. The molecule has 1 fully saturated rings. The van der Waals surface area contributed by atoms with E-state index in [0.29, 0.717) is 0 Å². The van der Waals surface area contributed by atoms with Gasteiger partial charge in [0.05, 0.1) is 0 Å². The van der Waals surface area contributed by atoms with Crippen LogP contribution in [0.2, 0.25) is 0 Å². The molecule has 0 radical (unpaired) electrons. The Morgan fingerprint density at radius 3 is 2.22 bits per heavy atom. The van der Waals surface area contributed by atoms with Crippen LogP contribution in [-0.4, -0.2) is 39.3 Å². The predicted molar refractivity (Wildman–Crippen MR) is 96.9 cm³/mol. The maximum atomic E-state index is 10.4. The molecule has 2 unspecified atom stereocenters. The fourth-order valence-electron chi connectivity index (χ4n) is 2.55. The van der Waals surface area contributed by atoms with E-state index in [-0.39, 0.29) is 6.04 Å². The highest BCUT2D eigenvalue weighted by atomic mass is 32.2. The van der Waals surface area contributed by atoms with Crippen molar-refractivity contribution in [3.05, 3.63) is 35.4 Å². The molecule has 0 aliphatic carbocycles. The molecule has 132 valence electrons. The van der Waals surface area contributed by atoms with E-state index in [0.717, 1.165) is 32.0 Å². The van der Waals surface area contributed by atoms with Crippen molar-refractivity contribution in [2.45, 2.75) is 53.0 Å². The molecule has 5 heteroatoms. The maximum Gasteiger partial charge on any atom is 0.0183 e. The first-order valence-corrected chi connectivity index (χ1v) is 9.56. The molecule has 1 aromatic carbocycles.